The Morgan fingerprint density at radius 1 is 0.439 bits per heavy atom. The molecule has 0 amide bonds. The molecule has 342 valence electrons. The van der Waals surface area contributed by atoms with Crippen molar-refractivity contribution in [1.29, 1.82) is 0 Å². The quantitative estimate of drug-likeness (QED) is 0.0339. The minimum atomic E-state index is -1.73. The predicted octanol–water partition coefficient (Wildman–Crippen LogP) is 9.99. The molecule has 8 heteroatoms. The lowest BCUT2D eigenvalue weighted by Crippen LogP contribution is -2.65. The molecule has 0 saturated carbocycles. The summed E-state index contributed by atoms with van der Waals surface area (Å²) in [4.78, 5) is 0. The zero-order chi connectivity index (χ0) is 43.1. The average molecular weight is 815 g/mol. The van der Waals surface area contributed by atoms with E-state index in [4.69, 9.17) is 4.74 Å². The SMILES string of the molecule is CC(C)CCCC(C)CCCC(C)CCCC(C)CCC(O)(CCC(C)CCCC(C)CCCC(C)CCCC(C)C)C(O)C(O)C1O[C@H](CO)[C@@H](O)[C@H](O)[C@H]1O. The van der Waals surface area contributed by atoms with Crippen LogP contribution in [0.15, 0.2) is 0 Å². The van der Waals surface area contributed by atoms with Gasteiger partial charge in [0.1, 0.15) is 42.7 Å². The molecule has 57 heavy (non-hydrogen) atoms. The first-order valence-corrected chi connectivity index (χ1v) is 24.2. The van der Waals surface area contributed by atoms with E-state index in [0.717, 1.165) is 49.4 Å². The molecule has 1 fully saturated rings. The molecule has 0 bridgehead atoms. The minimum Gasteiger partial charge on any atom is -0.394 e. The molecule has 0 aliphatic carbocycles. The Labute approximate surface area is 352 Å². The molecule has 1 rings (SSSR count). The summed E-state index contributed by atoms with van der Waals surface area (Å²) in [6.45, 7) is 22.5. The van der Waals surface area contributed by atoms with Gasteiger partial charge in [-0.2, -0.15) is 0 Å². The number of aliphatic hydroxyl groups excluding tert-OH is 6. The van der Waals surface area contributed by atoms with Gasteiger partial charge >= 0.3 is 0 Å². The molecule has 0 aromatic carbocycles. The van der Waals surface area contributed by atoms with E-state index < -0.39 is 54.9 Å². The average Bonchev–Trinajstić information content (AvgIpc) is 3.14. The Bertz CT molecular complexity index is 912. The smallest absolute Gasteiger partial charge is 0.115 e. The molecule has 0 aromatic rings. The highest BCUT2D eigenvalue weighted by molar-refractivity contribution is 5.01. The van der Waals surface area contributed by atoms with Crippen LogP contribution in [-0.4, -0.2) is 90.7 Å². The maximum Gasteiger partial charge on any atom is 0.115 e. The van der Waals surface area contributed by atoms with E-state index in [1.807, 2.05) is 0 Å². The van der Waals surface area contributed by atoms with Crippen LogP contribution in [-0.2, 0) is 4.74 Å². The molecule has 0 spiro atoms. The van der Waals surface area contributed by atoms with Crippen LogP contribution in [0.2, 0.25) is 0 Å². The molecule has 13 atom stereocenters. The molecular weight excluding hydrogens is 717 g/mol. The summed E-state index contributed by atoms with van der Waals surface area (Å²) in [6, 6.07) is 0. The van der Waals surface area contributed by atoms with Crippen LogP contribution >= 0.6 is 0 Å². The van der Waals surface area contributed by atoms with E-state index in [9.17, 15) is 35.7 Å². The third-order valence-corrected chi connectivity index (χ3v) is 13.8. The lowest BCUT2D eigenvalue weighted by molar-refractivity contribution is -0.268. The third-order valence-electron chi connectivity index (χ3n) is 13.8. The topological polar surface area (TPSA) is 151 Å². The summed E-state index contributed by atoms with van der Waals surface area (Å²) in [6.07, 6.45) is 13.3. The van der Waals surface area contributed by atoms with Gasteiger partial charge in [0, 0.05) is 0 Å². The highest BCUT2D eigenvalue weighted by Gasteiger charge is 2.51. The zero-order valence-electron chi connectivity index (χ0n) is 39.0. The van der Waals surface area contributed by atoms with Crippen molar-refractivity contribution in [2.45, 2.75) is 259 Å². The molecule has 0 aromatic heterocycles. The zero-order valence-corrected chi connectivity index (χ0v) is 39.0. The maximum absolute atomic E-state index is 12.2. The molecular formula is C49H98O8. The fourth-order valence-electron chi connectivity index (χ4n) is 9.20. The molecule has 1 aliphatic heterocycles. The Kier molecular flexibility index (Phi) is 28.6. The highest BCUT2D eigenvalue weighted by Crippen LogP contribution is 2.35. The van der Waals surface area contributed by atoms with Gasteiger partial charge in [0.05, 0.1) is 12.2 Å². The summed E-state index contributed by atoms with van der Waals surface area (Å²) >= 11 is 0. The maximum atomic E-state index is 12.2. The van der Waals surface area contributed by atoms with Gasteiger partial charge in [0.25, 0.3) is 0 Å². The van der Waals surface area contributed by atoms with Crippen LogP contribution in [0.5, 0.6) is 0 Å². The third kappa shape index (κ3) is 22.9. The van der Waals surface area contributed by atoms with Crippen LogP contribution in [0.25, 0.3) is 0 Å². The molecule has 0 radical (unpaired) electrons. The highest BCUT2D eigenvalue weighted by atomic mass is 16.6. The lowest BCUT2D eigenvalue weighted by atomic mass is 9.77. The van der Waals surface area contributed by atoms with Crippen molar-refractivity contribution in [2.75, 3.05) is 6.61 Å². The largest absolute Gasteiger partial charge is 0.394 e. The van der Waals surface area contributed by atoms with Crippen molar-refractivity contribution in [3.8, 4) is 0 Å². The molecule has 1 aliphatic rings. The van der Waals surface area contributed by atoms with E-state index in [1.54, 1.807) is 0 Å². The van der Waals surface area contributed by atoms with Gasteiger partial charge in [-0.1, -0.05) is 185 Å². The van der Waals surface area contributed by atoms with E-state index in [0.29, 0.717) is 36.5 Å². The van der Waals surface area contributed by atoms with Gasteiger partial charge in [-0.25, -0.2) is 0 Å². The van der Waals surface area contributed by atoms with Crippen molar-refractivity contribution in [3.05, 3.63) is 0 Å². The molecule has 9 unspecified atom stereocenters. The van der Waals surface area contributed by atoms with Gasteiger partial charge in [0.2, 0.25) is 0 Å². The minimum absolute atomic E-state index is 0.285. The molecule has 1 saturated heterocycles. The van der Waals surface area contributed by atoms with Crippen molar-refractivity contribution >= 4 is 0 Å². The van der Waals surface area contributed by atoms with Crippen molar-refractivity contribution in [3.63, 3.8) is 0 Å². The van der Waals surface area contributed by atoms with E-state index >= 15 is 0 Å². The van der Waals surface area contributed by atoms with Crippen LogP contribution in [0.3, 0.4) is 0 Å². The van der Waals surface area contributed by atoms with Gasteiger partial charge in [-0.3, -0.25) is 0 Å². The Morgan fingerprint density at radius 3 is 1.04 bits per heavy atom. The van der Waals surface area contributed by atoms with Crippen LogP contribution < -0.4 is 0 Å². The van der Waals surface area contributed by atoms with Gasteiger partial charge in [-0.15, -0.1) is 0 Å². The van der Waals surface area contributed by atoms with Gasteiger partial charge < -0.3 is 40.5 Å². The van der Waals surface area contributed by atoms with E-state index in [1.165, 1.54) is 89.9 Å². The second-order valence-electron chi connectivity index (χ2n) is 20.9. The normalized spacial score (nSPS) is 25.8. The first-order chi connectivity index (χ1) is 26.8. The Morgan fingerprint density at radius 2 is 0.737 bits per heavy atom. The lowest BCUT2D eigenvalue weighted by Gasteiger charge is -2.45. The van der Waals surface area contributed by atoms with E-state index in [-0.39, 0.29) is 12.8 Å². The van der Waals surface area contributed by atoms with Crippen molar-refractivity contribution < 1.29 is 40.5 Å². The number of rotatable bonds is 34. The Balaban J connectivity index is 2.72. The number of hydrogen-bond donors (Lipinski definition) is 7. The number of ether oxygens (including phenoxy) is 1. The van der Waals surface area contributed by atoms with Crippen LogP contribution in [0.4, 0.5) is 0 Å². The fraction of sp³-hybridized carbons (Fsp3) is 1.00. The number of hydrogen-bond acceptors (Lipinski definition) is 8. The first kappa shape index (κ1) is 54.7. The summed E-state index contributed by atoms with van der Waals surface area (Å²) in [7, 11) is 0. The van der Waals surface area contributed by atoms with E-state index in [2.05, 4.69) is 69.2 Å². The molecule has 1 heterocycles. The first-order valence-electron chi connectivity index (χ1n) is 24.2. The summed E-state index contributed by atoms with van der Waals surface area (Å²) in [5.74, 6) is 5.19. The van der Waals surface area contributed by atoms with Crippen molar-refractivity contribution in [1.82, 2.24) is 0 Å². The summed E-state index contributed by atoms with van der Waals surface area (Å²) in [5, 5.41) is 76.3. The molecule has 8 nitrogen and oxygen atoms in total. The van der Waals surface area contributed by atoms with Crippen molar-refractivity contribution in [2.24, 2.45) is 47.3 Å². The molecule has 7 N–H and O–H groups in total. The summed E-state index contributed by atoms with van der Waals surface area (Å²) < 4.78 is 5.61. The summed E-state index contributed by atoms with van der Waals surface area (Å²) in [5.41, 5.74) is -1.64. The van der Waals surface area contributed by atoms with Crippen LogP contribution in [0, 0.1) is 47.3 Å². The fourth-order valence-corrected chi connectivity index (χ4v) is 9.20. The predicted molar refractivity (Wildman–Crippen MR) is 237 cm³/mol. The number of aliphatic hydroxyl groups is 7. The second kappa shape index (κ2) is 29.9. The monoisotopic (exact) mass is 815 g/mol. The standard InChI is InChI=1S/C49H98O8/c1-34(2)17-11-19-36(5)21-13-23-38(7)25-15-27-40(9)29-31-49(56,48(55)46(54)47-45(53)44(52)43(51)42(33-50)57-47)32-30-41(10)28-16-26-39(8)24-14-22-37(6)20-12-18-35(3)4/h34-48,50-56H,11-33H2,1-10H3/t36?,37?,38?,39?,40?,41?,42-,43-,44+,45-,46?,47?,48?,49?/m1/s1. The van der Waals surface area contributed by atoms with Gasteiger partial charge in [-0.05, 0) is 73.0 Å². The second-order valence-corrected chi connectivity index (χ2v) is 20.9. The Hall–Kier alpha value is -0.320. The van der Waals surface area contributed by atoms with Gasteiger partial charge in [0.15, 0.2) is 0 Å². The van der Waals surface area contributed by atoms with Crippen LogP contribution in [0.1, 0.15) is 210 Å².